The lowest BCUT2D eigenvalue weighted by Gasteiger charge is -2.32. The highest BCUT2D eigenvalue weighted by atomic mass is 35.5. The van der Waals surface area contributed by atoms with Crippen molar-refractivity contribution >= 4 is 34.7 Å². The van der Waals surface area contributed by atoms with Crippen LogP contribution in [0.4, 0.5) is 19.0 Å². The number of anilines is 1. The first-order valence-electron chi connectivity index (χ1n) is 8.80. The highest BCUT2D eigenvalue weighted by Crippen LogP contribution is 2.46. The first kappa shape index (κ1) is 18.6. The second kappa shape index (κ2) is 7.01. The van der Waals surface area contributed by atoms with E-state index in [0.29, 0.717) is 0 Å². The van der Waals surface area contributed by atoms with Crippen LogP contribution < -0.4 is 10.6 Å². The van der Waals surface area contributed by atoms with Crippen LogP contribution in [0, 0.1) is 0 Å². The Kier molecular flexibility index (Phi) is 4.84. The molecule has 4 rings (SSSR count). The third-order valence-electron chi connectivity index (χ3n) is 5.09. The number of aromatic nitrogens is 2. The number of hydrogen-bond acceptors (Lipinski definition) is 4. The van der Waals surface area contributed by atoms with Gasteiger partial charge < -0.3 is 10.6 Å². The first-order chi connectivity index (χ1) is 12.8. The monoisotopic (exact) mass is 418 g/mol. The highest BCUT2D eigenvalue weighted by molar-refractivity contribution is 7.10. The lowest BCUT2D eigenvalue weighted by Crippen LogP contribution is -2.36. The minimum atomic E-state index is -4.50. The third kappa shape index (κ3) is 3.54. The van der Waals surface area contributed by atoms with Crippen LogP contribution in [0.1, 0.15) is 59.6 Å². The second-order valence-electron chi connectivity index (χ2n) is 6.92. The molecule has 1 fully saturated rings. The van der Waals surface area contributed by atoms with E-state index in [-0.39, 0.29) is 29.0 Å². The number of thiophene rings is 1. The fourth-order valence-corrected chi connectivity index (χ4v) is 4.79. The van der Waals surface area contributed by atoms with E-state index < -0.39 is 24.2 Å². The van der Waals surface area contributed by atoms with Crippen molar-refractivity contribution in [2.45, 2.75) is 56.4 Å². The fourth-order valence-electron chi connectivity index (χ4n) is 3.73. The first-order valence-corrected chi connectivity index (χ1v) is 10.1. The minimum absolute atomic E-state index is 0.0255. The molecule has 1 saturated carbocycles. The molecule has 3 heterocycles. The summed E-state index contributed by atoms with van der Waals surface area (Å²) in [6, 6.07) is 1.22. The Morgan fingerprint density at radius 2 is 2.11 bits per heavy atom. The zero-order chi connectivity index (χ0) is 19.2. The molecule has 1 amide bonds. The van der Waals surface area contributed by atoms with Crippen LogP contribution in [0.25, 0.3) is 0 Å². The summed E-state index contributed by atoms with van der Waals surface area (Å²) >= 11 is 7.67. The van der Waals surface area contributed by atoms with Crippen LogP contribution in [0.15, 0.2) is 17.5 Å². The summed E-state index contributed by atoms with van der Waals surface area (Å²) in [5, 5.41) is 11.6. The number of halogens is 4. The van der Waals surface area contributed by atoms with Crippen LogP contribution in [0.5, 0.6) is 0 Å². The minimum Gasteiger partial charge on any atom is -0.361 e. The van der Waals surface area contributed by atoms with Crippen LogP contribution >= 0.6 is 22.9 Å². The molecule has 2 N–H and O–H groups in total. The van der Waals surface area contributed by atoms with E-state index in [4.69, 9.17) is 11.6 Å². The number of fused-ring (bicyclic) bond motifs is 1. The molecule has 1 aliphatic carbocycles. The number of amides is 1. The molecule has 0 bridgehead atoms. The molecule has 1 aliphatic heterocycles. The molecule has 10 heteroatoms. The van der Waals surface area contributed by atoms with Crippen LogP contribution in [-0.4, -0.2) is 27.9 Å². The zero-order valence-corrected chi connectivity index (χ0v) is 15.8. The van der Waals surface area contributed by atoms with E-state index in [0.717, 1.165) is 35.2 Å². The van der Waals surface area contributed by atoms with E-state index in [2.05, 4.69) is 15.7 Å². The summed E-state index contributed by atoms with van der Waals surface area (Å²) in [6.07, 6.45) is -0.932. The molecule has 2 atom stereocenters. The van der Waals surface area contributed by atoms with Gasteiger partial charge in [0.15, 0.2) is 11.7 Å². The van der Waals surface area contributed by atoms with Crippen molar-refractivity contribution in [3.05, 3.63) is 33.1 Å². The van der Waals surface area contributed by atoms with Gasteiger partial charge in [-0.25, -0.2) is 4.68 Å². The maximum atomic E-state index is 13.7. The molecule has 0 spiro atoms. The molecule has 27 heavy (non-hydrogen) atoms. The number of alkyl halides is 3. The lowest BCUT2D eigenvalue weighted by atomic mass is 10.0. The van der Waals surface area contributed by atoms with Gasteiger partial charge in [-0.1, -0.05) is 30.5 Å². The van der Waals surface area contributed by atoms with Gasteiger partial charge in [-0.05, 0) is 24.3 Å². The van der Waals surface area contributed by atoms with Crippen molar-refractivity contribution in [1.82, 2.24) is 15.1 Å². The predicted molar refractivity (Wildman–Crippen MR) is 97.4 cm³/mol. The van der Waals surface area contributed by atoms with Gasteiger partial charge in [0.1, 0.15) is 10.8 Å². The molecule has 2 aromatic heterocycles. The molecule has 2 aliphatic rings. The number of nitrogens with one attached hydrogen (secondary N) is 2. The molecule has 0 saturated heterocycles. The summed E-state index contributed by atoms with van der Waals surface area (Å²) in [6.45, 7) is 0. The Morgan fingerprint density at radius 1 is 1.37 bits per heavy atom. The van der Waals surface area contributed by atoms with Crippen molar-refractivity contribution in [1.29, 1.82) is 0 Å². The predicted octanol–water partition coefficient (Wildman–Crippen LogP) is 4.93. The van der Waals surface area contributed by atoms with E-state index in [9.17, 15) is 18.0 Å². The molecule has 5 nitrogen and oxygen atoms in total. The number of nitrogens with zero attached hydrogens (tertiary/aromatic N) is 2. The standard InChI is InChI=1S/C17H18ClF3N4OS/c18-13-14(16(26)22-9-4-1-2-5-9)24-25-12(17(19,20)21)8-10(23-15(13)25)11-6-3-7-27-11/h3,6-7,9-10,12,23H,1-2,4-5,8H2,(H,22,26)/t10-,12+/m0/s1. The maximum absolute atomic E-state index is 13.7. The average Bonchev–Trinajstić information content (AvgIpc) is 3.35. The molecule has 0 radical (unpaired) electrons. The smallest absolute Gasteiger partial charge is 0.361 e. The summed E-state index contributed by atoms with van der Waals surface area (Å²) in [4.78, 5) is 13.3. The van der Waals surface area contributed by atoms with E-state index in [1.807, 2.05) is 5.38 Å². The van der Waals surface area contributed by atoms with E-state index >= 15 is 0 Å². The fraction of sp³-hybridized carbons (Fsp3) is 0.529. The average molecular weight is 419 g/mol. The molecule has 146 valence electrons. The molecule has 0 unspecified atom stereocenters. The van der Waals surface area contributed by atoms with Crippen molar-refractivity contribution in [2.24, 2.45) is 0 Å². The summed E-state index contributed by atoms with van der Waals surface area (Å²) in [5.74, 6) is -0.482. The SMILES string of the molecule is O=C(NC1CCCC1)c1nn2c(c1Cl)N[C@H](c1cccs1)C[C@@H]2C(F)(F)F. The second-order valence-corrected chi connectivity index (χ2v) is 8.27. The Bertz CT molecular complexity index is 830. The normalized spacial score (nSPS) is 23.1. The Balaban J connectivity index is 1.67. The van der Waals surface area contributed by atoms with Gasteiger partial charge in [-0.15, -0.1) is 11.3 Å². The summed E-state index contributed by atoms with van der Waals surface area (Å²) in [7, 11) is 0. The van der Waals surface area contributed by atoms with Crippen molar-refractivity contribution in [3.8, 4) is 0 Å². The van der Waals surface area contributed by atoms with Gasteiger partial charge in [0, 0.05) is 17.3 Å². The maximum Gasteiger partial charge on any atom is 0.410 e. The topological polar surface area (TPSA) is 59.0 Å². The van der Waals surface area contributed by atoms with Gasteiger partial charge in [0.2, 0.25) is 0 Å². The van der Waals surface area contributed by atoms with Gasteiger partial charge in [-0.3, -0.25) is 4.79 Å². The Hall–Kier alpha value is -1.74. The number of hydrogen-bond donors (Lipinski definition) is 2. The third-order valence-corrected chi connectivity index (χ3v) is 6.43. The van der Waals surface area contributed by atoms with Crippen LogP contribution in [0.3, 0.4) is 0 Å². The van der Waals surface area contributed by atoms with Crippen LogP contribution in [0.2, 0.25) is 5.02 Å². The number of carbonyl (C=O) groups is 1. The lowest BCUT2D eigenvalue weighted by molar-refractivity contribution is -0.173. The molecule has 0 aromatic carbocycles. The Morgan fingerprint density at radius 3 is 2.74 bits per heavy atom. The summed E-state index contributed by atoms with van der Waals surface area (Å²) < 4.78 is 41.8. The molecular weight excluding hydrogens is 401 g/mol. The zero-order valence-electron chi connectivity index (χ0n) is 14.2. The van der Waals surface area contributed by atoms with E-state index in [1.165, 1.54) is 11.3 Å². The highest BCUT2D eigenvalue weighted by Gasteiger charge is 2.48. The van der Waals surface area contributed by atoms with Gasteiger partial charge in [-0.2, -0.15) is 18.3 Å². The largest absolute Gasteiger partial charge is 0.410 e. The Labute approximate surface area is 162 Å². The number of carbonyl (C=O) groups excluding carboxylic acids is 1. The van der Waals surface area contributed by atoms with Crippen LogP contribution in [-0.2, 0) is 0 Å². The van der Waals surface area contributed by atoms with Gasteiger partial charge >= 0.3 is 6.18 Å². The molecule has 2 aromatic rings. The van der Waals surface area contributed by atoms with Crippen molar-refractivity contribution < 1.29 is 18.0 Å². The van der Waals surface area contributed by atoms with E-state index in [1.54, 1.807) is 12.1 Å². The summed E-state index contributed by atoms with van der Waals surface area (Å²) in [5.41, 5.74) is -0.160. The quantitative estimate of drug-likeness (QED) is 0.743. The van der Waals surface area contributed by atoms with Crippen molar-refractivity contribution in [3.63, 3.8) is 0 Å². The van der Waals surface area contributed by atoms with Gasteiger partial charge in [0.05, 0.1) is 6.04 Å². The number of rotatable bonds is 3. The van der Waals surface area contributed by atoms with Crippen molar-refractivity contribution in [2.75, 3.05) is 5.32 Å². The van der Waals surface area contributed by atoms with Gasteiger partial charge in [0.25, 0.3) is 5.91 Å². The molecular formula is C17H18ClF3N4OS.